The first-order valence-corrected chi connectivity index (χ1v) is 7.28. The smallest absolute Gasteiger partial charge is 0.139 e. The summed E-state index contributed by atoms with van der Waals surface area (Å²) >= 11 is 17.8. The predicted octanol–water partition coefficient (Wildman–Crippen LogP) is 4.42. The highest BCUT2D eigenvalue weighted by Gasteiger charge is 2.13. The summed E-state index contributed by atoms with van der Waals surface area (Å²) in [5.74, 6) is 1.30. The Kier molecular flexibility index (Phi) is 5.43. The molecule has 0 bridgehead atoms. The van der Waals surface area contributed by atoms with Crippen molar-refractivity contribution in [1.82, 2.24) is 5.32 Å². The van der Waals surface area contributed by atoms with Gasteiger partial charge in [-0.2, -0.15) is 0 Å². The molecule has 1 aliphatic heterocycles. The summed E-state index contributed by atoms with van der Waals surface area (Å²) < 4.78 is 5.67. The minimum atomic E-state index is 0.450. The molecule has 5 heteroatoms. The summed E-state index contributed by atoms with van der Waals surface area (Å²) in [6.45, 7) is 2.87. The number of ether oxygens (including phenoxy) is 1. The minimum Gasteiger partial charge on any atom is -0.492 e. The lowest BCUT2D eigenvalue weighted by molar-refractivity contribution is 0.254. The van der Waals surface area contributed by atoms with E-state index in [2.05, 4.69) is 5.32 Å². The topological polar surface area (TPSA) is 21.3 Å². The van der Waals surface area contributed by atoms with E-state index in [1.54, 1.807) is 12.1 Å². The van der Waals surface area contributed by atoms with Crippen LogP contribution in [0.1, 0.15) is 19.3 Å². The van der Waals surface area contributed by atoms with E-state index in [0.29, 0.717) is 33.3 Å². The molecule has 0 amide bonds. The van der Waals surface area contributed by atoms with E-state index in [1.807, 2.05) is 0 Å². The van der Waals surface area contributed by atoms with Crippen molar-refractivity contribution >= 4 is 34.8 Å². The molecule has 1 aromatic carbocycles. The lowest BCUT2D eigenvalue weighted by atomic mass is 9.97. The molecule has 0 aromatic heterocycles. The second kappa shape index (κ2) is 6.85. The summed E-state index contributed by atoms with van der Waals surface area (Å²) in [6.07, 6.45) is 3.55. The molecule has 1 aromatic rings. The monoisotopic (exact) mass is 307 g/mol. The highest BCUT2D eigenvalue weighted by Crippen LogP contribution is 2.34. The van der Waals surface area contributed by atoms with Gasteiger partial charge in [-0.15, -0.1) is 0 Å². The van der Waals surface area contributed by atoms with Crippen LogP contribution in [0.4, 0.5) is 0 Å². The van der Waals surface area contributed by atoms with E-state index in [9.17, 15) is 0 Å². The third-order valence-corrected chi connectivity index (χ3v) is 4.17. The second-order valence-corrected chi connectivity index (χ2v) is 5.77. The van der Waals surface area contributed by atoms with Crippen molar-refractivity contribution in [3.63, 3.8) is 0 Å². The van der Waals surface area contributed by atoms with Crippen LogP contribution in [0.25, 0.3) is 0 Å². The Morgan fingerprint density at radius 2 is 1.94 bits per heavy atom. The zero-order chi connectivity index (χ0) is 13.0. The molecule has 1 fully saturated rings. The minimum absolute atomic E-state index is 0.450. The van der Waals surface area contributed by atoms with Crippen molar-refractivity contribution in [1.29, 1.82) is 0 Å². The first kappa shape index (κ1) is 14.3. The molecule has 0 unspecified atom stereocenters. The summed E-state index contributed by atoms with van der Waals surface area (Å²) in [4.78, 5) is 0. The predicted molar refractivity (Wildman–Crippen MR) is 77.2 cm³/mol. The number of benzene rings is 1. The molecule has 1 saturated heterocycles. The average molecular weight is 309 g/mol. The second-order valence-electron chi connectivity index (χ2n) is 4.55. The third kappa shape index (κ3) is 3.92. The third-order valence-electron chi connectivity index (χ3n) is 3.16. The fourth-order valence-corrected chi connectivity index (χ4v) is 2.71. The summed E-state index contributed by atoms with van der Waals surface area (Å²) in [5, 5.41) is 4.81. The van der Waals surface area contributed by atoms with Crippen LogP contribution in [0.2, 0.25) is 15.1 Å². The van der Waals surface area contributed by atoms with Gasteiger partial charge in [0, 0.05) is 6.07 Å². The van der Waals surface area contributed by atoms with Crippen molar-refractivity contribution in [2.75, 3.05) is 19.7 Å². The van der Waals surface area contributed by atoms with Gasteiger partial charge in [-0.05, 0) is 44.3 Å². The number of halogens is 3. The van der Waals surface area contributed by atoms with Crippen LogP contribution in [-0.2, 0) is 0 Å². The summed E-state index contributed by atoms with van der Waals surface area (Å²) in [5.41, 5.74) is 0. The molecule has 0 saturated carbocycles. The number of nitrogens with one attached hydrogen (secondary N) is 1. The van der Waals surface area contributed by atoms with Crippen molar-refractivity contribution in [3.8, 4) is 5.75 Å². The van der Waals surface area contributed by atoms with E-state index in [4.69, 9.17) is 39.5 Å². The highest BCUT2D eigenvalue weighted by atomic mass is 35.5. The summed E-state index contributed by atoms with van der Waals surface area (Å²) in [7, 11) is 0. The van der Waals surface area contributed by atoms with Crippen LogP contribution in [0.15, 0.2) is 12.1 Å². The average Bonchev–Trinajstić information content (AvgIpc) is 2.37. The quantitative estimate of drug-likeness (QED) is 0.832. The van der Waals surface area contributed by atoms with Crippen molar-refractivity contribution in [3.05, 3.63) is 27.2 Å². The van der Waals surface area contributed by atoms with Gasteiger partial charge in [0.15, 0.2) is 0 Å². The zero-order valence-electron chi connectivity index (χ0n) is 10.0. The van der Waals surface area contributed by atoms with Gasteiger partial charge in [-0.25, -0.2) is 0 Å². The Labute approximate surface area is 123 Å². The fourth-order valence-electron chi connectivity index (χ4n) is 2.12. The van der Waals surface area contributed by atoms with E-state index in [-0.39, 0.29) is 0 Å². The normalized spacial score (nSPS) is 19.8. The Morgan fingerprint density at radius 3 is 2.67 bits per heavy atom. The Morgan fingerprint density at radius 1 is 1.17 bits per heavy atom. The van der Waals surface area contributed by atoms with E-state index in [1.165, 1.54) is 12.8 Å². The van der Waals surface area contributed by atoms with Crippen molar-refractivity contribution < 1.29 is 4.74 Å². The molecular formula is C13H16Cl3NO. The number of hydrogen-bond acceptors (Lipinski definition) is 2. The molecule has 1 heterocycles. The van der Waals surface area contributed by atoms with Crippen LogP contribution in [0.5, 0.6) is 5.75 Å². The van der Waals surface area contributed by atoms with Gasteiger partial charge in [0.25, 0.3) is 0 Å². The first-order chi connectivity index (χ1) is 8.66. The number of rotatable bonds is 4. The zero-order valence-corrected chi connectivity index (χ0v) is 12.3. The number of hydrogen-bond donors (Lipinski definition) is 1. The van der Waals surface area contributed by atoms with Gasteiger partial charge in [0.05, 0.1) is 21.7 Å². The van der Waals surface area contributed by atoms with Crippen LogP contribution in [-0.4, -0.2) is 19.7 Å². The first-order valence-electron chi connectivity index (χ1n) is 6.15. The van der Waals surface area contributed by atoms with E-state index >= 15 is 0 Å². The van der Waals surface area contributed by atoms with Gasteiger partial charge in [0.2, 0.25) is 0 Å². The molecule has 18 heavy (non-hydrogen) atoms. The molecule has 1 atom stereocenters. The Bertz CT molecular complexity index is 405. The van der Waals surface area contributed by atoms with E-state index < -0.39 is 0 Å². The molecule has 2 rings (SSSR count). The Balaban J connectivity index is 1.84. The van der Waals surface area contributed by atoms with Gasteiger partial charge in [-0.3, -0.25) is 0 Å². The molecule has 0 radical (unpaired) electrons. The molecule has 0 spiro atoms. The maximum atomic E-state index is 6.04. The van der Waals surface area contributed by atoms with Crippen LogP contribution >= 0.6 is 34.8 Å². The number of piperidine rings is 1. The molecular weight excluding hydrogens is 293 g/mol. The van der Waals surface area contributed by atoms with E-state index in [0.717, 1.165) is 19.5 Å². The van der Waals surface area contributed by atoms with Gasteiger partial charge in [-0.1, -0.05) is 34.8 Å². The molecule has 1 N–H and O–H groups in total. The van der Waals surface area contributed by atoms with Crippen molar-refractivity contribution in [2.45, 2.75) is 19.3 Å². The maximum Gasteiger partial charge on any atom is 0.139 e. The highest BCUT2D eigenvalue weighted by molar-refractivity contribution is 6.43. The lowest BCUT2D eigenvalue weighted by Gasteiger charge is -2.22. The fraction of sp³-hybridized carbons (Fsp3) is 0.538. The van der Waals surface area contributed by atoms with Crippen LogP contribution in [0, 0.1) is 5.92 Å². The largest absolute Gasteiger partial charge is 0.492 e. The molecule has 1 aliphatic rings. The van der Waals surface area contributed by atoms with Gasteiger partial charge < -0.3 is 10.1 Å². The van der Waals surface area contributed by atoms with Crippen molar-refractivity contribution in [2.24, 2.45) is 5.92 Å². The van der Waals surface area contributed by atoms with Gasteiger partial charge in [0.1, 0.15) is 5.75 Å². The van der Waals surface area contributed by atoms with Gasteiger partial charge >= 0.3 is 0 Å². The van der Waals surface area contributed by atoms with Crippen LogP contribution in [0.3, 0.4) is 0 Å². The molecule has 2 nitrogen and oxygen atoms in total. The Hall–Kier alpha value is -0.150. The molecule has 100 valence electrons. The maximum absolute atomic E-state index is 6.04. The standard InChI is InChI=1S/C13H16Cl3NO/c14-10-6-12(16)13(7-11(10)15)18-5-3-9-2-1-4-17-8-9/h6-7,9,17H,1-5,8H2/t9-/m0/s1. The lowest BCUT2D eigenvalue weighted by Crippen LogP contribution is -2.30. The summed E-state index contributed by atoms with van der Waals surface area (Å²) in [6, 6.07) is 3.29. The molecule has 0 aliphatic carbocycles. The SMILES string of the molecule is Clc1cc(Cl)c(OCC[C@@H]2CCCNC2)cc1Cl. The van der Waals surface area contributed by atoms with Crippen LogP contribution < -0.4 is 10.1 Å².